The van der Waals surface area contributed by atoms with E-state index in [2.05, 4.69) is 46.7 Å². The summed E-state index contributed by atoms with van der Waals surface area (Å²) in [5, 5.41) is 16.4. The van der Waals surface area contributed by atoms with Gasteiger partial charge < -0.3 is 25.3 Å². The van der Waals surface area contributed by atoms with Crippen LogP contribution in [0.25, 0.3) is 55.6 Å². The summed E-state index contributed by atoms with van der Waals surface area (Å²) in [6.45, 7) is 3.51. The molecule has 0 spiro atoms. The highest BCUT2D eigenvalue weighted by Crippen LogP contribution is 2.36. The quantitative estimate of drug-likeness (QED) is 0.162. The summed E-state index contributed by atoms with van der Waals surface area (Å²) in [6.07, 6.45) is 7.51. The van der Waals surface area contributed by atoms with Crippen molar-refractivity contribution < 1.29 is 9.13 Å². The molecule has 0 amide bonds. The average Bonchev–Trinajstić information content (AvgIpc) is 3.65. The van der Waals surface area contributed by atoms with Gasteiger partial charge in [0.1, 0.15) is 23.4 Å². The Balaban J connectivity index is 1.21. The van der Waals surface area contributed by atoms with Crippen molar-refractivity contribution in [1.82, 2.24) is 35.4 Å². The first-order valence-electron chi connectivity index (χ1n) is 15.0. The highest BCUT2D eigenvalue weighted by molar-refractivity contribution is 6.01. The Morgan fingerprint density at radius 2 is 1.84 bits per heavy atom. The van der Waals surface area contributed by atoms with Crippen molar-refractivity contribution in [1.29, 1.82) is 0 Å². The lowest BCUT2D eigenvalue weighted by Gasteiger charge is -2.23. The second-order valence-corrected chi connectivity index (χ2v) is 11.6. The summed E-state index contributed by atoms with van der Waals surface area (Å²) in [4.78, 5) is 14.7. The number of ether oxygens (including phenoxy) is 1. The van der Waals surface area contributed by atoms with Crippen molar-refractivity contribution >= 4 is 27.5 Å². The van der Waals surface area contributed by atoms with Gasteiger partial charge in [-0.2, -0.15) is 5.10 Å². The second-order valence-electron chi connectivity index (χ2n) is 11.6. The van der Waals surface area contributed by atoms with Gasteiger partial charge in [0.15, 0.2) is 0 Å². The van der Waals surface area contributed by atoms with E-state index in [0.29, 0.717) is 0 Å². The van der Waals surface area contributed by atoms with E-state index < -0.39 is 0 Å². The first kappa shape index (κ1) is 28.0. The minimum absolute atomic E-state index is 0.189. The molecule has 9 nitrogen and oxygen atoms in total. The van der Waals surface area contributed by atoms with Gasteiger partial charge in [0.25, 0.3) is 0 Å². The molecule has 2 aromatic carbocycles. The maximum absolute atomic E-state index is 14.7. The zero-order chi connectivity index (χ0) is 30.0. The molecule has 5 heterocycles. The van der Waals surface area contributed by atoms with Crippen molar-refractivity contribution in [2.75, 3.05) is 45.6 Å². The van der Waals surface area contributed by atoms with Crippen LogP contribution in [0.5, 0.6) is 5.75 Å². The van der Waals surface area contributed by atoms with Gasteiger partial charge in [-0.25, -0.2) is 4.39 Å². The molecule has 1 aliphatic rings. The van der Waals surface area contributed by atoms with Crippen LogP contribution >= 0.6 is 0 Å². The van der Waals surface area contributed by atoms with Crippen molar-refractivity contribution in [3.63, 3.8) is 0 Å². The highest BCUT2D eigenvalue weighted by Gasteiger charge is 2.17. The molecule has 1 saturated heterocycles. The van der Waals surface area contributed by atoms with Gasteiger partial charge in [-0.1, -0.05) is 12.1 Å². The predicted octanol–water partition coefficient (Wildman–Crippen LogP) is 6.08. The van der Waals surface area contributed by atoms with E-state index in [1.165, 1.54) is 6.07 Å². The molecule has 0 aliphatic carbocycles. The number of hydrogen-bond donors (Lipinski definition) is 4. The normalized spacial score (nSPS) is 14.1. The first-order valence-corrected chi connectivity index (χ1v) is 15.0. The Morgan fingerprint density at radius 1 is 0.955 bits per heavy atom. The summed E-state index contributed by atoms with van der Waals surface area (Å²) in [7, 11) is 4.03. The lowest BCUT2D eigenvalue weighted by molar-refractivity contribution is 0.162. The molecule has 0 saturated carbocycles. The van der Waals surface area contributed by atoms with Gasteiger partial charge in [0, 0.05) is 46.8 Å². The van der Waals surface area contributed by atoms with Crippen LogP contribution in [-0.2, 0) is 0 Å². The lowest BCUT2D eigenvalue weighted by atomic mass is 10.0. The van der Waals surface area contributed by atoms with Crippen LogP contribution in [0, 0.1) is 5.82 Å². The molecule has 7 rings (SSSR count). The fourth-order valence-corrected chi connectivity index (χ4v) is 5.81. The third kappa shape index (κ3) is 5.86. The Bertz CT molecular complexity index is 1920. The zero-order valence-electron chi connectivity index (χ0n) is 24.8. The number of anilines is 1. The summed E-state index contributed by atoms with van der Waals surface area (Å²) in [5.41, 5.74) is 7.60. The number of rotatable bonds is 9. The maximum atomic E-state index is 14.7. The van der Waals surface area contributed by atoms with Crippen molar-refractivity contribution in [3.05, 3.63) is 79.0 Å². The topological polar surface area (TPSA) is 107 Å². The number of hydrogen-bond acceptors (Lipinski definition) is 7. The molecule has 0 bridgehead atoms. The van der Waals surface area contributed by atoms with Crippen LogP contribution < -0.4 is 15.4 Å². The van der Waals surface area contributed by atoms with E-state index in [4.69, 9.17) is 4.74 Å². The number of H-pyrrole nitrogens is 2. The van der Waals surface area contributed by atoms with Crippen LogP contribution in [-0.4, -0.2) is 76.4 Å². The molecule has 0 radical (unpaired) electrons. The molecule has 1 aliphatic heterocycles. The standard InChI is InChI=1S/C34H35FN8O/c1-43(2)11-10-38-24-13-21(12-23(35)15-24)27-4-3-5-30-28(27)16-32(40-30)34-29-17-31(39-20-33(29)41-42-34)22-14-26(19-37-18-22)44-25-6-8-36-9-7-25/h3-5,12-20,25,36,38,40H,6-11H2,1-2H3,(H,41,42). The Hall–Kier alpha value is -4.80. The number of nitrogens with zero attached hydrogens (tertiary/aromatic N) is 4. The first-order chi connectivity index (χ1) is 21.5. The van der Waals surface area contributed by atoms with Gasteiger partial charge in [-0.15, -0.1) is 0 Å². The van der Waals surface area contributed by atoms with Gasteiger partial charge >= 0.3 is 0 Å². The molecule has 10 heteroatoms. The smallest absolute Gasteiger partial charge is 0.138 e. The van der Waals surface area contributed by atoms with Gasteiger partial charge in [-0.3, -0.25) is 15.1 Å². The van der Waals surface area contributed by atoms with E-state index >= 15 is 0 Å². The van der Waals surface area contributed by atoms with E-state index in [1.54, 1.807) is 24.7 Å². The van der Waals surface area contributed by atoms with Crippen LogP contribution in [0.1, 0.15) is 12.8 Å². The molecule has 44 heavy (non-hydrogen) atoms. The molecule has 0 atom stereocenters. The van der Waals surface area contributed by atoms with Crippen LogP contribution in [0.2, 0.25) is 0 Å². The van der Waals surface area contributed by atoms with E-state index in [-0.39, 0.29) is 11.9 Å². The zero-order valence-corrected chi connectivity index (χ0v) is 24.8. The number of piperidine rings is 1. The van der Waals surface area contributed by atoms with Gasteiger partial charge in [-0.05, 0) is 93.6 Å². The fourth-order valence-electron chi connectivity index (χ4n) is 5.81. The van der Waals surface area contributed by atoms with Crippen molar-refractivity contribution in [2.24, 2.45) is 0 Å². The number of halogens is 1. The van der Waals surface area contributed by atoms with Crippen LogP contribution in [0.4, 0.5) is 10.1 Å². The number of fused-ring (bicyclic) bond motifs is 2. The largest absolute Gasteiger partial charge is 0.489 e. The molecular formula is C34H35FN8O. The summed E-state index contributed by atoms with van der Waals surface area (Å²) in [5.74, 6) is 0.473. The monoisotopic (exact) mass is 590 g/mol. The number of aromatic nitrogens is 5. The molecule has 0 unspecified atom stereocenters. The van der Waals surface area contributed by atoms with Crippen molar-refractivity contribution in [2.45, 2.75) is 18.9 Å². The maximum Gasteiger partial charge on any atom is 0.138 e. The second kappa shape index (κ2) is 12.1. The highest BCUT2D eigenvalue weighted by atomic mass is 19.1. The Kier molecular flexibility index (Phi) is 7.68. The SMILES string of the molecule is CN(C)CCNc1cc(F)cc(-c2cccc3[nH]c(-c4n[nH]c5cnc(-c6cncc(OC7CCNCC7)c6)cc45)cc23)c1. The number of aromatic amines is 2. The summed E-state index contributed by atoms with van der Waals surface area (Å²) >= 11 is 0. The molecule has 4 N–H and O–H groups in total. The number of nitrogens with one attached hydrogen (secondary N) is 4. The average molecular weight is 591 g/mol. The van der Waals surface area contributed by atoms with Crippen LogP contribution in [0.15, 0.2) is 73.2 Å². The van der Waals surface area contributed by atoms with Crippen LogP contribution in [0.3, 0.4) is 0 Å². The number of pyridine rings is 2. The Labute approximate surface area is 254 Å². The summed E-state index contributed by atoms with van der Waals surface area (Å²) < 4.78 is 21.0. The third-order valence-electron chi connectivity index (χ3n) is 8.06. The van der Waals surface area contributed by atoms with Gasteiger partial charge in [0.2, 0.25) is 0 Å². The van der Waals surface area contributed by atoms with E-state index in [1.807, 2.05) is 50.5 Å². The summed E-state index contributed by atoms with van der Waals surface area (Å²) in [6, 6.07) is 17.3. The number of benzene rings is 2. The molecule has 1 fully saturated rings. The van der Waals surface area contributed by atoms with Gasteiger partial charge in [0.05, 0.1) is 29.3 Å². The Morgan fingerprint density at radius 3 is 2.70 bits per heavy atom. The lowest BCUT2D eigenvalue weighted by Crippen LogP contribution is -2.34. The van der Waals surface area contributed by atoms with E-state index in [0.717, 1.165) is 106 Å². The number of likely N-dealkylation sites (N-methyl/N-ethyl adjacent to an activating group) is 1. The molecule has 6 aromatic rings. The fraction of sp³-hybridized carbons (Fsp3) is 0.265. The third-order valence-corrected chi connectivity index (χ3v) is 8.06. The minimum atomic E-state index is -0.277. The van der Waals surface area contributed by atoms with E-state index in [9.17, 15) is 4.39 Å². The molecular weight excluding hydrogens is 555 g/mol. The predicted molar refractivity (Wildman–Crippen MR) is 173 cm³/mol. The van der Waals surface area contributed by atoms with Crippen molar-refractivity contribution in [3.8, 4) is 39.5 Å². The molecule has 4 aromatic heterocycles. The minimum Gasteiger partial charge on any atom is -0.489 e. The molecule has 224 valence electrons.